The summed E-state index contributed by atoms with van der Waals surface area (Å²) in [5.74, 6) is 0. The monoisotopic (exact) mass is 220 g/mol. The Kier molecular flexibility index (Phi) is 2.77. The Morgan fingerprint density at radius 1 is 1.17 bits per heavy atom. The lowest BCUT2D eigenvalue weighted by Gasteiger charge is -1.87. The highest BCUT2D eigenvalue weighted by Crippen LogP contribution is 2.15. The highest BCUT2D eigenvalue weighted by Gasteiger charge is 1.94. The number of aromatic nitrogens is 2. The Labute approximate surface area is 85.4 Å². The van der Waals surface area contributed by atoms with Crippen LogP contribution in [0.1, 0.15) is 0 Å². The Hall–Kier alpha value is -0.510. The van der Waals surface area contributed by atoms with Gasteiger partial charge < -0.3 is 9.97 Å². The molecule has 0 atom stereocenters. The number of halogens is 2. The summed E-state index contributed by atoms with van der Waals surface area (Å²) in [6, 6.07) is 5.55. The van der Waals surface area contributed by atoms with Crippen LogP contribution in [0.15, 0.2) is 18.2 Å². The summed E-state index contributed by atoms with van der Waals surface area (Å²) >= 11 is 10.7. The minimum absolute atomic E-state index is 0. The van der Waals surface area contributed by atoms with Gasteiger partial charge in [0.2, 0.25) is 0 Å². The van der Waals surface area contributed by atoms with Crippen LogP contribution in [-0.2, 0) is 0 Å². The number of hydrogen-bond donors (Lipinski definition) is 2. The lowest BCUT2D eigenvalue weighted by Crippen LogP contribution is -1.67. The average Bonchev–Trinajstić information content (AvgIpc) is 2.27. The van der Waals surface area contributed by atoms with Gasteiger partial charge in [-0.25, -0.2) is 0 Å². The number of nitrogens with one attached hydrogen (secondary N) is 2. The molecule has 12 heavy (non-hydrogen) atoms. The van der Waals surface area contributed by atoms with E-state index >= 15 is 0 Å². The number of benzene rings is 1. The van der Waals surface area contributed by atoms with Gasteiger partial charge in [-0.3, -0.25) is 0 Å². The molecule has 0 aliphatic carbocycles. The van der Waals surface area contributed by atoms with Crippen molar-refractivity contribution in [3.05, 3.63) is 28.0 Å². The maximum atomic E-state index is 5.76. The van der Waals surface area contributed by atoms with Gasteiger partial charge in [0.1, 0.15) is 0 Å². The Balaban J connectivity index is 0.000000720. The normalized spacial score (nSPS) is 9.75. The van der Waals surface area contributed by atoms with Crippen LogP contribution in [0.4, 0.5) is 0 Å². The van der Waals surface area contributed by atoms with Crippen molar-refractivity contribution < 1.29 is 0 Å². The van der Waals surface area contributed by atoms with E-state index in [-0.39, 0.29) is 12.4 Å². The molecule has 2 rings (SSSR count). The number of hydrogen-bond acceptors (Lipinski definition) is 1. The minimum Gasteiger partial charge on any atom is -0.331 e. The first kappa shape index (κ1) is 9.58. The van der Waals surface area contributed by atoms with Gasteiger partial charge >= 0.3 is 0 Å². The fourth-order valence-electron chi connectivity index (χ4n) is 1.00. The molecule has 0 saturated heterocycles. The minimum atomic E-state index is 0. The third-order valence-corrected chi connectivity index (χ3v) is 1.92. The molecule has 0 saturated carbocycles. The molecule has 0 unspecified atom stereocenters. The average molecular weight is 221 g/mol. The first-order chi connectivity index (χ1) is 5.25. The number of fused-ring (bicyclic) bond motifs is 1. The molecule has 1 aromatic heterocycles. The van der Waals surface area contributed by atoms with Gasteiger partial charge in [0.25, 0.3) is 0 Å². The maximum absolute atomic E-state index is 5.76. The van der Waals surface area contributed by atoms with Crippen molar-refractivity contribution in [2.45, 2.75) is 0 Å². The Morgan fingerprint density at radius 2 is 1.83 bits per heavy atom. The molecular formula is C7H6Cl2N2S. The van der Waals surface area contributed by atoms with Gasteiger partial charge in [-0.15, -0.1) is 12.4 Å². The van der Waals surface area contributed by atoms with Crippen LogP contribution < -0.4 is 0 Å². The third kappa shape index (κ3) is 1.63. The van der Waals surface area contributed by atoms with Crippen LogP contribution in [0, 0.1) is 4.77 Å². The fourth-order valence-corrected chi connectivity index (χ4v) is 1.40. The molecule has 0 bridgehead atoms. The first-order valence-corrected chi connectivity index (χ1v) is 3.92. The molecule has 2 nitrogen and oxygen atoms in total. The topological polar surface area (TPSA) is 31.6 Å². The van der Waals surface area contributed by atoms with Crippen LogP contribution in [0.2, 0.25) is 5.02 Å². The summed E-state index contributed by atoms with van der Waals surface area (Å²) < 4.78 is 0.627. The van der Waals surface area contributed by atoms with E-state index in [9.17, 15) is 0 Å². The SMILES string of the molecule is Cl.S=c1[nH]c2ccc(Cl)cc2[nH]1. The first-order valence-electron chi connectivity index (χ1n) is 3.13. The Morgan fingerprint density at radius 3 is 2.58 bits per heavy atom. The quantitative estimate of drug-likeness (QED) is 0.657. The van der Waals surface area contributed by atoms with Crippen molar-refractivity contribution in [2.75, 3.05) is 0 Å². The second-order valence-corrected chi connectivity index (χ2v) is 3.11. The van der Waals surface area contributed by atoms with Crippen LogP contribution >= 0.6 is 36.2 Å². The lowest BCUT2D eigenvalue weighted by atomic mass is 10.3. The number of H-pyrrole nitrogens is 2. The van der Waals surface area contributed by atoms with Gasteiger partial charge in [0, 0.05) is 5.02 Å². The van der Waals surface area contributed by atoms with Crippen molar-refractivity contribution in [3.8, 4) is 0 Å². The van der Waals surface area contributed by atoms with Gasteiger partial charge in [-0.1, -0.05) is 11.6 Å². The molecular weight excluding hydrogens is 215 g/mol. The predicted octanol–water partition coefficient (Wildman–Crippen LogP) is 3.30. The van der Waals surface area contributed by atoms with Crippen LogP contribution in [0.5, 0.6) is 0 Å². The van der Waals surface area contributed by atoms with Crippen molar-refractivity contribution in [3.63, 3.8) is 0 Å². The zero-order valence-electron chi connectivity index (χ0n) is 5.93. The molecule has 5 heteroatoms. The lowest BCUT2D eigenvalue weighted by molar-refractivity contribution is 1.30. The zero-order valence-corrected chi connectivity index (χ0v) is 8.32. The molecule has 0 fully saturated rings. The third-order valence-electron chi connectivity index (χ3n) is 1.48. The molecule has 1 aromatic carbocycles. The summed E-state index contributed by atoms with van der Waals surface area (Å²) in [5.41, 5.74) is 1.93. The van der Waals surface area contributed by atoms with E-state index in [1.54, 1.807) is 0 Å². The van der Waals surface area contributed by atoms with E-state index in [2.05, 4.69) is 9.97 Å². The zero-order chi connectivity index (χ0) is 7.84. The maximum Gasteiger partial charge on any atom is 0.175 e. The number of rotatable bonds is 0. The summed E-state index contributed by atoms with van der Waals surface area (Å²) in [5, 5.41) is 0.711. The second-order valence-electron chi connectivity index (χ2n) is 2.27. The van der Waals surface area contributed by atoms with Gasteiger partial charge in [-0.2, -0.15) is 0 Å². The van der Waals surface area contributed by atoms with E-state index in [1.165, 1.54) is 0 Å². The van der Waals surface area contributed by atoms with Crippen LogP contribution in [0.25, 0.3) is 11.0 Å². The summed E-state index contributed by atoms with van der Waals surface area (Å²) in [7, 11) is 0. The number of aromatic amines is 2. The molecule has 0 radical (unpaired) electrons. The molecule has 0 aliphatic heterocycles. The highest BCUT2D eigenvalue weighted by atomic mass is 35.5. The fraction of sp³-hybridized carbons (Fsp3) is 0. The molecule has 2 aromatic rings. The predicted molar refractivity (Wildman–Crippen MR) is 55.7 cm³/mol. The molecule has 0 amide bonds. The molecule has 2 N–H and O–H groups in total. The van der Waals surface area contributed by atoms with Gasteiger partial charge in [-0.05, 0) is 30.4 Å². The second kappa shape index (κ2) is 3.47. The molecule has 0 aliphatic rings. The summed E-state index contributed by atoms with van der Waals surface area (Å²) in [4.78, 5) is 5.96. The van der Waals surface area contributed by atoms with Crippen LogP contribution in [-0.4, -0.2) is 9.97 Å². The van der Waals surface area contributed by atoms with Crippen molar-refractivity contribution in [1.82, 2.24) is 9.97 Å². The highest BCUT2D eigenvalue weighted by molar-refractivity contribution is 7.71. The summed E-state index contributed by atoms with van der Waals surface area (Å²) in [6.45, 7) is 0. The molecule has 0 spiro atoms. The van der Waals surface area contributed by atoms with Crippen LogP contribution in [0.3, 0.4) is 0 Å². The Bertz CT molecular complexity index is 446. The van der Waals surface area contributed by atoms with E-state index in [0.717, 1.165) is 11.0 Å². The summed E-state index contributed by atoms with van der Waals surface area (Å²) in [6.07, 6.45) is 0. The largest absolute Gasteiger partial charge is 0.331 e. The molecule has 1 heterocycles. The van der Waals surface area contributed by atoms with E-state index in [4.69, 9.17) is 23.8 Å². The van der Waals surface area contributed by atoms with Gasteiger partial charge in [0.05, 0.1) is 11.0 Å². The van der Waals surface area contributed by atoms with E-state index in [1.807, 2.05) is 18.2 Å². The smallest absolute Gasteiger partial charge is 0.175 e. The van der Waals surface area contributed by atoms with E-state index in [0.29, 0.717) is 9.79 Å². The standard InChI is InChI=1S/C7H5ClN2S.ClH/c8-4-1-2-5-6(3-4)10-7(11)9-5;/h1-3H,(H2,9,10,11);1H. The molecule has 64 valence electrons. The van der Waals surface area contributed by atoms with Crippen molar-refractivity contribution in [1.29, 1.82) is 0 Å². The van der Waals surface area contributed by atoms with E-state index < -0.39 is 0 Å². The van der Waals surface area contributed by atoms with Crippen molar-refractivity contribution in [2.24, 2.45) is 0 Å². The number of imidazole rings is 1. The van der Waals surface area contributed by atoms with Crippen molar-refractivity contribution >= 4 is 47.3 Å². The van der Waals surface area contributed by atoms with Gasteiger partial charge in [0.15, 0.2) is 4.77 Å².